The smallest absolute Gasteiger partial charge is 0.341 e. The van der Waals surface area contributed by atoms with Crippen LogP contribution in [0.2, 0.25) is 0 Å². The Bertz CT molecular complexity index is 285. The summed E-state index contributed by atoms with van der Waals surface area (Å²) in [5.41, 5.74) is 0.571. The van der Waals surface area contributed by atoms with Gasteiger partial charge in [-0.2, -0.15) is 0 Å². The predicted octanol–water partition coefficient (Wildman–Crippen LogP) is 1.97. The third-order valence-corrected chi connectivity index (χ3v) is 2.89. The Morgan fingerprint density at radius 1 is 1.14 bits per heavy atom. The second kappa shape index (κ2) is 3.95. The number of rotatable bonds is 1. The maximum atomic E-state index is 11.1. The summed E-state index contributed by atoms with van der Waals surface area (Å²) in [6.07, 6.45) is 8.18. The highest BCUT2D eigenvalue weighted by molar-refractivity contribution is 6.05. The Balaban J connectivity index is 2.02. The first-order valence-electron chi connectivity index (χ1n) is 5.21. The van der Waals surface area contributed by atoms with Gasteiger partial charge in [0.15, 0.2) is 0 Å². The number of ether oxygens (including phenoxy) is 1. The average molecular weight is 194 g/mol. The zero-order valence-electron chi connectivity index (χ0n) is 8.12. The molecule has 2 rings (SSSR count). The maximum Gasteiger partial charge on any atom is 0.341 e. The fourth-order valence-electron chi connectivity index (χ4n) is 2.15. The summed E-state index contributed by atoms with van der Waals surface area (Å²) in [6.45, 7) is 0. The van der Waals surface area contributed by atoms with Gasteiger partial charge in [0, 0.05) is 5.57 Å². The van der Waals surface area contributed by atoms with Crippen LogP contribution >= 0.6 is 0 Å². The molecule has 1 heterocycles. The minimum atomic E-state index is -0.430. The molecule has 0 unspecified atom stereocenters. The zero-order chi connectivity index (χ0) is 9.97. The molecule has 2 aliphatic rings. The van der Waals surface area contributed by atoms with Crippen LogP contribution in [0.15, 0.2) is 11.6 Å². The summed E-state index contributed by atoms with van der Waals surface area (Å²) in [7, 11) is 0. The van der Waals surface area contributed by atoms with Crippen LogP contribution in [0.25, 0.3) is 0 Å². The van der Waals surface area contributed by atoms with E-state index in [1.807, 2.05) is 6.08 Å². The molecule has 1 aliphatic heterocycles. The number of carbonyl (C=O) groups is 2. The van der Waals surface area contributed by atoms with Crippen LogP contribution in [0.5, 0.6) is 0 Å². The standard InChI is InChI=1S/C11H14O3/c12-10-7-9(11(13)14-10)6-8-4-2-1-3-5-8/h6,8H,1-5,7H2. The van der Waals surface area contributed by atoms with Crippen LogP contribution in [-0.2, 0) is 14.3 Å². The predicted molar refractivity (Wildman–Crippen MR) is 50.4 cm³/mol. The van der Waals surface area contributed by atoms with E-state index in [2.05, 4.69) is 4.74 Å². The van der Waals surface area contributed by atoms with Gasteiger partial charge in [-0.1, -0.05) is 25.3 Å². The molecule has 0 amide bonds. The van der Waals surface area contributed by atoms with Crippen molar-refractivity contribution >= 4 is 11.9 Å². The third-order valence-electron chi connectivity index (χ3n) is 2.89. The van der Waals surface area contributed by atoms with Crippen LogP contribution in [-0.4, -0.2) is 11.9 Å². The van der Waals surface area contributed by atoms with Crippen molar-refractivity contribution in [3.8, 4) is 0 Å². The van der Waals surface area contributed by atoms with E-state index in [4.69, 9.17) is 0 Å². The third kappa shape index (κ3) is 2.03. The van der Waals surface area contributed by atoms with Gasteiger partial charge in [0.2, 0.25) is 0 Å². The molecule has 1 aliphatic carbocycles. The summed E-state index contributed by atoms with van der Waals surface area (Å²) in [5, 5.41) is 0. The fourth-order valence-corrected chi connectivity index (χ4v) is 2.15. The minimum absolute atomic E-state index is 0.176. The summed E-state index contributed by atoms with van der Waals surface area (Å²) in [5.74, 6) is -0.352. The van der Waals surface area contributed by atoms with E-state index in [1.54, 1.807) is 0 Å². The molecule has 0 aromatic rings. The van der Waals surface area contributed by atoms with Gasteiger partial charge in [-0.25, -0.2) is 4.79 Å². The molecular formula is C11H14O3. The molecule has 0 aromatic heterocycles. The summed E-state index contributed by atoms with van der Waals surface area (Å²) in [6, 6.07) is 0. The number of hydrogen-bond donors (Lipinski definition) is 0. The number of cyclic esters (lactones) is 2. The van der Waals surface area contributed by atoms with E-state index in [-0.39, 0.29) is 6.42 Å². The van der Waals surface area contributed by atoms with Gasteiger partial charge in [0.1, 0.15) is 0 Å². The topological polar surface area (TPSA) is 43.4 Å². The maximum absolute atomic E-state index is 11.1. The molecule has 0 radical (unpaired) electrons. The van der Waals surface area contributed by atoms with Gasteiger partial charge < -0.3 is 4.74 Å². The lowest BCUT2D eigenvalue weighted by Gasteiger charge is -2.18. The molecule has 3 heteroatoms. The first-order chi connectivity index (χ1) is 6.75. The van der Waals surface area contributed by atoms with Gasteiger partial charge >= 0.3 is 11.9 Å². The van der Waals surface area contributed by atoms with E-state index in [1.165, 1.54) is 19.3 Å². The van der Waals surface area contributed by atoms with E-state index in [0.29, 0.717) is 11.5 Å². The minimum Gasteiger partial charge on any atom is -0.389 e. The molecule has 1 saturated carbocycles. The van der Waals surface area contributed by atoms with Crippen molar-refractivity contribution in [1.82, 2.24) is 0 Å². The normalized spacial score (nSPS) is 27.0. The largest absolute Gasteiger partial charge is 0.389 e. The molecule has 76 valence electrons. The lowest BCUT2D eigenvalue weighted by atomic mass is 9.88. The van der Waals surface area contributed by atoms with E-state index in [9.17, 15) is 9.59 Å². The fraction of sp³-hybridized carbons (Fsp3) is 0.636. The number of allylic oxidation sites excluding steroid dienone is 1. The molecule has 2 fully saturated rings. The van der Waals surface area contributed by atoms with Crippen molar-refractivity contribution in [1.29, 1.82) is 0 Å². The molecular weight excluding hydrogens is 180 g/mol. The molecule has 1 saturated heterocycles. The summed E-state index contributed by atoms with van der Waals surface area (Å²) < 4.78 is 4.47. The lowest BCUT2D eigenvalue weighted by Crippen LogP contribution is -2.05. The zero-order valence-corrected chi connectivity index (χ0v) is 8.12. The quantitative estimate of drug-likeness (QED) is 0.364. The van der Waals surface area contributed by atoms with Crippen LogP contribution < -0.4 is 0 Å². The van der Waals surface area contributed by atoms with Gasteiger partial charge in [-0.05, 0) is 18.8 Å². The van der Waals surface area contributed by atoms with Gasteiger partial charge in [0.05, 0.1) is 6.42 Å². The lowest BCUT2D eigenvalue weighted by molar-refractivity contribution is -0.151. The van der Waals surface area contributed by atoms with Crippen molar-refractivity contribution in [2.45, 2.75) is 38.5 Å². The molecule has 0 aromatic carbocycles. The van der Waals surface area contributed by atoms with E-state index < -0.39 is 11.9 Å². The molecule has 0 spiro atoms. The Morgan fingerprint density at radius 3 is 2.43 bits per heavy atom. The molecule has 0 N–H and O–H groups in total. The molecule has 14 heavy (non-hydrogen) atoms. The summed E-state index contributed by atoms with van der Waals surface area (Å²) in [4.78, 5) is 22.0. The van der Waals surface area contributed by atoms with Crippen LogP contribution in [0.1, 0.15) is 38.5 Å². The van der Waals surface area contributed by atoms with Crippen LogP contribution in [0.4, 0.5) is 0 Å². The number of hydrogen-bond acceptors (Lipinski definition) is 3. The second-order valence-electron chi connectivity index (χ2n) is 4.03. The number of carbonyl (C=O) groups excluding carboxylic acids is 2. The van der Waals surface area contributed by atoms with Crippen LogP contribution in [0.3, 0.4) is 0 Å². The second-order valence-corrected chi connectivity index (χ2v) is 4.03. The molecule has 0 bridgehead atoms. The Hall–Kier alpha value is -1.12. The van der Waals surface area contributed by atoms with E-state index >= 15 is 0 Å². The van der Waals surface area contributed by atoms with Crippen molar-refractivity contribution in [2.75, 3.05) is 0 Å². The average Bonchev–Trinajstić information content (AvgIpc) is 2.47. The first-order valence-corrected chi connectivity index (χ1v) is 5.21. The Kier molecular flexibility index (Phi) is 2.66. The summed E-state index contributed by atoms with van der Waals surface area (Å²) >= 11 is 0. The van der Waals surface area contributed by atoms with E-state index in [0.717, 1.165) is 12.8 Å². The highest BCUT2D eigenvalue weighted by atomic mass is 16.6. The van der Waals surface area contributed by atoms with Gasteiger partial charge in [0.25, 0.3) is 0 Å². The SMILES string of the molecule is O=C1CC(=CC2CCCCC2)C(=O)O1. The first kappa shape index (κ1) is 9.44. The van der Waals surface area contributed by atoms with Crippen molar-refractivity contribution in [3.05, 3.63) is 11.6 Å². The number of esters is 2. The van der Waals surface area contributed by atoms with Crippen molar-refractivity contribution < 1.29 is 14.3 Å². The van der Waals surface area contributed by atoms with Crippen LogP contribution in [0, 0.1) is 5.92 Å². The highest BCUT2D eigenvalue weighted by Gasteiger charge is 2.27. The van der Waals surface area contributed by atoms with Crippen molar-refractivity contribution in [3.63, 3.8) is 0 Å². The monoisotopic (exact) mass is 194 g/mol. The van der Waals surface area contributed by atoms with Gasteiger partial charge in [-0.3, -0.25) is 4.79 Å². The highest BCUT2D eigenvalue weighted by Crippen LogP contribution is 2.27. The van der Waals surface area contributed by atoms with Crippen molar-refractivity contribution in [2.24, 2.45) is 5.92 Å². The molecule has 0 atom stereocenters. The Labute approximate surface area is 83.1 Å². The van der Waals surface area contributed by atoms with Gasteiger partial charge in [-0.15, -0.1) is 0 Å². The Morgan fingerprint density at radius 2 is 1.86 bits per heavy atom. The molecule has 3 nitrogen and oxygen atoms in total.